The van der Waals surface area contributed by atoms with Crippen LogP contribution < -0.4 is 0 Å². The van der Waals surface area contributed by atoms with Gasteiger partial charge in [-0.3, -0.25) is 14.4 Å². The van der Waals surface area contributed by atoms with Gasteiger partial charge in [-0.25, -0.2) is 44.9 Å². The summed E-state index contributed by atoms with van der Waals surface area (Å²) in [5.41, 5.74) is 31.6. The summed E-state index contributed by atoms with van der Waals surface area (Å²) in [6, 6.07) is 154. The molecule has 141 heavy (non-hydrogen) atoms. The molecule has 0 amide bonds. The van der Waals surface area contributed by atoms with E-state index < -0.39 is 0 Å². The van der Waals surface area contributed by atoms with E-state index in [-0.39, 0.29) is 33.6 Å². The Hall–Kier alpha value is -18.0. The van der Waals surface area contributed by atoms with Gasteiger partial charge in [0, 0.05) is 99.7 Å². The lowest BCUT2D eigenvalue weighted by atomic mass is 9.68. The molecule has 3 heterocycles. The monoisotopic (exact) mass is 1820 g/mol. The van der Waals surface area contributed by atoms with Crippen LogP contribution in [-0.2, 0) is 16.2 Å². The highest BCUT2D eigenvalue weighted by Gasteiger charge is 2.40. The molecule has 18 aromatic carbocycles. The van der Waals surface area contributed by atoms with Crippen LogP contribution in [0.25, 0.3) is 169 Å². The number of aromatic nitrogens is 9. The predicted octanol–water partition coefficient (Wildman–Crippen LogP) is 30.2. The number of fused-ring (bicyclic) bond motifs is 6. The van der Waals surface area contributed by atoms with E-state index >= 15 is 0 Å². The fraction of sp³-hybridized carbons (Fsp3) is 0.0698. The minimum Gasteiger partial charge on any atom is -0.289 e. The van der Waals surface area contributed by atoms with Gasteiger partial charge < -0.3 is 0 Å². The Kier molecular flexibility index (Phi) is 23.3. The number of carbonyl (C=O) groups excluding carboxylic acids is 3. The Morgan fingerprint density at radius 1 is 0.128 bits per heavy atom. The molecule has 24 rings (SSSR count). The van der Waals surface area contributed by atoms with Crippen molar-refractivity contribution in [1.29, 1.82) is 0 Å². The molecule has 0 saturated heterocycles. The van der Waals surface area contributed by atoms with Crippen molar-refractivity contribution in [3.8, 4) is 169 Å². The second-order valence-corrected chi connectivity index (χ2v) is 37.3. The Balaban J connectivity index is 0.000000121. The quantitative estimate of drug-likeness (QED) is 0.0954. The Morgan fingerprint density at radius 3 is 0.603 bits per heavy atom. The Morgan fingerprint density at radius 2 is 0.305 bits per heavy atom. The second-order valence-electron chi connectivity index (χ2n) is 37.3. The van der Waals surface area contributed by atoms with E-state index in [1.165, 1.54) is 0 Å². The fourth-order valence-corrected chi connectivity index (χ4v) is 19.9. The molecule has 0 radical (unpaired) electrons. The van der Waals surface area contributed by atoms with Gasteiger partial charge in [-0.05, 0) is 143 Å². The van der Waals surface area contributed by atoms with Crippen LogP contribution in [0.4, 0.5) is 0 Å². The van der Waals surface area contributed by atoms with Gasteiger partial charge in [-0.2, -0.15) is 0 Å². The van der Waals surface area contributed by atoms with Crippen molar-refractivity contribution in [2.24, 2.45) is 0 Å². The lowest BCUT2D eigenvalue weighted by molar-refractivity contribution is 0.102. The maximum atomic E-state index is 13.5. The van der Waals surface area contributed by atoms with Gasteiger partial charge in [0.25, 0.3) is 0 Å². The van der Waals surface area contributed by atoms with Crippen molar-refractivity contribution in [2.75, 3.05) is 0 Å². The van der Waals surface area contributed by atoms with Crippen molar-refractivity contribution >= 4 is 17.3 Å². The van der Waals surface area contributed by atoms with Crippen LogP contribution >= 0.6 is 0 Å². The molecule has 12 heteroatoms. The number of benzene rings is 18. The average Bonchev–Trinajstić information content (AvgIpc) is 0.737. The first-order valence-electron chi connectivity index (χ1n) is 47.5. The molecule has 0 N–H and O–H groups in total. The lowest BCUT2D eigenvalue weighted by Crippen LogP contribution is -2.30. The first-order chi connectivity index (χ1) is 68.9. The minimum atomic E-state index is -0.300. The third-order valence-electron chi connectivity index (χ3n) is 27.4. The number of ketones is 3. The molecular weight excluding hydrogens is 1720 g/mol. The number of hydrogen-bond acceptors (Lipinski definition) is 12. The van der Waals surface area contributed by atoms with Crippen molar-refractivity contribution in [1.82, 2.24) is 44.9 Å². The predicted molar refractivity (Wildman–Crippen MR) is 567 cm³/mol. The number of rotatable bonds is 15. The summed E-state index contributed by atoms with van der Waals surface area (Å²) in [5, 5.41) is 0. The molecule has 0 atom stereocenters. The molecule has 0 bridgehead atoms. The van der Waals surface area contributed by atoms with Crippen molar-refractivity contribution in [3.05, 3.63) is 522 Å². The van der Waals surface area contributed by atoms with Gasteiger partial charge in [0.1, 0.15) is 0 Å². The van der Waals surface area contributed by atoms with E-state index in [9.17, 15) is 14.4 Å². The molecule has 0 aliphatic heterocycles. The molecule has 3 aliphatic carbocycles. The molecule has 0 unspecified atom stereocenters. The highest BCUT2D eigenvalue weighted by molar-refractivity contribution is 6.15. The number of hydrogen-bond donors (Lipinski definition) is 0. The zero-order chi connectivity index (χ0) is 95.9. The molecule has 21 aromatic rings. The summed E-state index contributed by atoms with van der Waals surface area (Å²) in [4.78, 5) is 84.4. The van der Waals surface area contributed by atoms with E-state index in [0.29, 0.717) is 52.4 Å². The maximum absolute atomic E-state index is 13.5. The van der Waals surface area contributed by atoms with Crippen molar-refractivity contribution in [3.63, 3.8) is 0 Å². The van der Waals surface area contributed by atoms with Gasteiger partial charge in [0.05, 0.1) is 0 Å². The zero-order valence-corrected chi connectivity index (χ0v) is 78.6. The van der Waals surface area contributed by atoms with Gasteiger partial charge in [-0.15, -0.1) is 0 Å². The third-order valence-corrected chi connectivity index (χ3v) is 27.4. The van der Waals surface area contributed by atoms with E-state index in [0.717, 1.165) is 184 Å². The average molecular weight is 1820 g/mol. The molecule has 0 saturated carbocycles. The summed E-state index contributed by atoms with van der Waals surface area (Å²) in [5.74, 6) is 5.97. The van der Waals surface area contributed by atoms with Crippen LogP contribution in [0.5, 0.6) is 0 Å². The molecular formula is C129H93N9O3. The van der Waals surface area contributed by atoms with E-state index in [1.807, 2.05) is 273 Å². The topological polar surface area (TPSA) is 167 Å². The zero-order valence-electron chi connectivity index (χ0n) is 78.6. The molecule has 0 fully saturated rings. The van der Waals surface area contributed by atoms with Crippen molar-refractivity contribution < 1.29 is 14.4 Å². The second kappa shape index (κ2) is 37.2. The van der Waals surface area contributed by atoms with Crippen LogP contribution in [0.3, 0.4) is 0 Å². The van der Waals surface area contributed by atoms with Crippen molar-refractivity contribution in [2.45, 2.75) is 57.8 Å². The molecule has 3 aromatic heterocycles. The first-order valence-corrected chi connectivity index (χ1v) is 47.5. The van der Waals surface area contributed by atoms with E-state index in [2.05, 4.69) is 224 Å². The summed E-state index contributed by atoms with van der Waals surface area (Å²) < 4.78 is 0. The summed E-state index contributed by atoms with van der Waals surface area (Å²) in [7, 11) is 0. The fourth-order valence-electron chi connectivity index (χ4n) is 19.9. The lowest BCUT2D eigenvalue weighted by Gasteiger charge is -2.34. The maximum Gasteiger partial charge on any atom is 0.193 e. The van der Waals surface area contributed by atoms with Gasteiger partial charge in [0.2, 0.25) is 0 Å². The normalized spacial score (nSPS) is 13.1. The summed E-state index contributed by atoms with van der Waals surface area (Å²) in [6.07, 6.45) is 0. The first kappa shape index (κ1) is 88.3. The van der Waals surface area contributed by atoms with Crippen LogP contribution in [-0.4, -0.2) is 62.2 Å². The molecule has 672 valence electrons. The van der Waals surface area contributed by atoms with Crippen LogP contribution in [0.2, 0.25) is 0 Å². The van der Waals surface area contributed by atoms with Gasteiger partial charge in [-0.1, -0.05) is 454 Å². The number of carbonyl (C=O) groups is 3. The highest BCUT2D eigenvalue weighted by atomic mass is 16.1. The van der Waals surface area contributed by atoms with E-state index in [4.69, 9.17) is 44.9 Å². The Labute approximate surface area is 819 Å². The molecule has 12 nitrogen and oxygen atoms in total. The summed E-state index contributed by atoms with van der Waals surface area (Å²) in [6.45, 7) is 13.2. The standard InChI is InChI=1S/3C43H31N3O/c1-43(2)37-22-10-9-21-35(37)39(47)36-24-23-33(27-38(36)43)31-18-11-17-30(25-31)32-19-12-20-34(26-32)42-45-40(28-13-5-3-6-14-28)44-41(46-42)29-15-7-4-8-16-29;1-43(2)37-23-12-11-22-35(37)39(47)36-25-24-31(27-38(36)43)30-18-13-19-32(26-30)33-20-9-10-21-34(33)42-45-40(28-14-5-3-6-15-28)44-41(46-42)29-16-7-4-8-17-29;1-43(2)37-19-10-9-18-35(37)39(47)36-25-24-34(27-38(36)43)33-17-11-16-32(26-33)28-20-22-31(23-21-28)42-45-40(29-12-5-3-6-13-29)44-41(46-42)30-14-7-4-8-15-30/h3*3-27H,1-2H3. The minimum absolute atomic E-state index is 0.0891. The van der Waals surface area contributed by atoms with Gasteiger partial charge in [0.15, 0.2) is 69.8 Å². The molecule has 0 spiro atoms. The Bertz CT molecular complexity index is 8240. The van der Waals surface area contributed by atoms with Crippen LogP contribution in [0.15, 0.2) is 455 Å². The van der Waals surface area contributed by atoms with Gasteiger partial charge >= 0.3 is 0 Å². The SMILES string of the molecule is CC1(C)c2ccccc2C(=O)c2ccc(-c3cccc(-c4ccc(-c5nc(-c6ccccc6)nc(-c6ccccc6)n5)cc4)c3)cc21.CC1(C)c2ccccc2C(=O)c2ccc(-c3cccc(-c4cccc(-c5nc(-c6ccccc6)nc(-c6ccccc6)n5)c4)c3)cc21.CC1(C)c2ccccc2C(=O)c2ccc(-c3cccc(-c4ccccc4-c4nc(-c5ccccc5)nc(-c5ccccc5)n4)c3)cc21. The highest BCUT2D eigenvalue weighted by Crippen LogP contribution is 2.48. The third kappa shape index (κ3) is 17.3. The smallest absolute Gasteiger partial charge is 0.193 e. The summed E-state index contributed by atoms with van der Waals surface area (Å²) >= 11 is 0. The van der Waals surface area contributed by atoms with Crippen LogP contribution in [0.1, 0.15) is 123 Å². The largest absolute Gasteiger partial charge is 0.289 e. The number of nitrogens with zero attached hydrogens (tertiary/aromatic N) is 9. The van der Waals surface area contributed by atoms with E-state index in [1.54, 1.807) is 0 Å². The molecule has 3 aliphatic rings. The van der Waals surface area contributed by atoms with Crippen LogP contribution in [0, 0.1) is 0 Å².